The topological polar surface area (TPSA) is 99.2 Å². The molecule has 3 aliphatic heterocycles. The van der Waals surface area contributed by atoms with Crippen molar-refractivity contribution in [2.45, 2.75) is 32.1 Å². The van der Waals surface area contributed by atoms with E-state index in [0.29, 0.717) is 58.3 Å². The first-order valence-corrected chi connectivity index (χ1v) is 15.3. The molecule has 1 fully saturated rings. The molecule has 41 heavy (non-hydrogen) atoms. The molecule has 10 nitrogen and oxygen atoms in total. The fourth-order valence-electron chi connectivity index (χ4n) is 5.44. The van der Waals surface area contributed by atoms with Crippen molar-refractivity contribution in [1.82, 2.24) is 9.80 Å². The number of benzene rings is 1. The van der Waals surface area contributed by atoms with E-state index in [0.717, 1.165) is 36.7 Å². The van der Waals surface area contributed by atoms with Gasteiger partial charge in [-0.05, 0) is 59.5 Å². The summed E-state index contributed by atoms with van der Waals surface area (Å²) in [6.07, 6.45) is 2.14. The average molecular weight is 589 g/mol. The number of thiophene rings is 1. The van der Waals surface area contributed by atoms with E-state index in [4.69, 9.17) is 33.5 Å². The largest absolute Gasteiger partial charge is 0.459 e. The zero-order chi connectivity index (χ0) is 28.4. The van der Waals surface area contributed by atoms with Crippen LogP contribution in [-0.4, -0.2) is 99.7 Å². The molecule has 2 aromatic rings. The molecule has 0 saturated carbocycles. The molecule has 0 radical (unpaired) electrons. The molecule has 3 atom stereocenters. The molecular formula is C30H40N2O8S. The molecule has 1 N–H and O–H groups in total. The van der Waals surface area contributed by atoms with Gasteiger partial charge in [-0.2, -0.15) is 11.3 Å². The Morgan fingerprint density at radius 3 is 2.61 bits per heavy atom. The number of nitrogens with zero attached hydrogens (tertiary/aromatic N) is 2. The maximum Gasteiger partial charge on any atom is 0.288 e. The van der Waals surface area contributed by atoms with Gasteiger partial charge in [0.15, 0.2) is 17.3 Å². The number of amides is 1. The maximum atomic E-state index is 13.7. The summed E-state index contributed by atoms with van der Waals surface area (Å²) in [6, 6.07) is 8.16. The average Bonchev–Trinajstić information content (AvgIpc) is 3.70. The molecule has 11 heteroatoms. The van der Waals surface area contributed by atoms with E-state index < -0.39 is 6.29 Å². The van der Waals surface area contributed by atoms with Crippen LogP contribution in [0.2, 0.25) is 0 Å². The number of hydrogen-bond acceptors (Lipinski definition) is 10. The summed E-state index contributed by atoms with van der Waals surface area (Å²) in [6.45, 7) is 8.01. The van der Waals surface area contributed by atoms with E-state index in [1.165, 1.54) is 5.56 Å². The van der Waals surface area contributed by atoms with Gasteiger partial charge in [0.1, 0.15) is 0 Å². The van der Waals surface area contributed by atoms with Crippen LogP contribution < -0.4 is 9.47 Å². The van der Waals surface area contributed by atoms with Gasteiger partial charge in [-0.25, -0.2) is 0 Å². The lowest BCUT2D eigenvalue weighted by atomic mass is 9.82. The third kappa shape index (κ3) is 7.79. The van der Waals surface area contributed by atoms with Crippen LogP contribution >= 0.6 is 11.3 Å². The fourth-order valence-corrected chi connectivity index (χ4v) is 6.15. The van der Waals surface area contributed by atoms with Gasteiger partial charge in [0.2, 0.25) is 13.1 Å². The first-order valence-electron chi connectivity index (χ1n) is 14.3. The summed E-state index contributed by atoms with van der Waals surface area (Å²) in [7, 11) is 0. The van der Waals surface area contributed by atoms with Crippen molar-refractivity contribution in [2.75, 3.05) is 72.6 Å². The predicted molar refractivity (Wildman–Crippen MR) is 153 cm³/mol. The van der Waals surface area contributed by atoms with E-state index in [1.54, 1.807) is 11.3 Å². The maximum absolute atomic E-state index is 13.7. The summed E-state index contributed by atoms with van der Waals surface area (Å²) < 4.78 is 34.3. The molecule has 0 unspecified atom stereocenters. The second-order valence-electron chi connectivity index (χ2n) is 10.2. The van der Waals surface area contributed by atoms with Crippen LogP contribution in [-0.2, 0) is 30.3 Å². The Labute approximate surface area is 245 Å². The first kappa shape index (κ1) is 29.8. The summed E-state index contributed by atoms with van der Waals surface area (Å²) >= 11 is 1.64. The Morgan fingerprint density at radius 1 is 1.05 bits per heavy atom. The number of piperazine rings is 1. The summed E-state index contributed by atoms with van der Waals surface area (Å²) in [5, 5.41) is 13.0. The molecule has 3 aliphatic rings. The van der Waals surface area contributed by atoms with Gasteiger partial charge in [0.25, 0.3) is 5.91 Å². The number of ether oxygens (including phenoxy) is 6. The number of aliphatic hydroxyl groups is 1. The number of carbonyl (C=O) groups is 1. The van der Waals surface area contributed by atoms with E-state index in [-0.39, 0.29) is 31.1 Å². The minimum Gasteiger partial charge on any atom is -0.459 e. The van der Waals surface area contributed by atoms with Gasteiger partial charge >= 0.3 is 0 Å². The highest BCUT2D eigenvalue weighted by Crippen LogP contribution is 2.40. The highest BCUT2D eigenvalue weighted by Gasteiger charge is 2.39. The van der Waals surface area contributed by atoms with Gasteiger partial charge < -0.3 is 38.4 Å². The first-order chi connectivity index (χ1) is 20.2. The van der Waals surface area contributed by atoms with Crippen LogP contribution in [0, 0.1) is 5.92 Å². The van der Waals surface area contributed by atoms with E-state index in [1.807, 2.05) is 30.0 Å². The second-order valence-corrected chi connectivity index (χ2v) is 11.0. The van der Waals surface area contributed by atoms with Crippen LogP contribution in [0.1, 0.15) is 30.4 Å². The van der Waals surface area contributed by atoms with Gasteiger partial charge in [-0.1, -0.05) is 6.07 Å². The molecule has 224 valence electrons. The molecule has 0 bridgehead atoms. The molecule has 1 amide bonds. The van der Waals surface area contributed by atoms with Crippen LogP contribution in [0.3, 0.4) is 0 Å². The van der Waals surface area contributed by atoms with Gasteiger partial charge in [-0.15, -0.1) is 0 Å². The number of allylic oxidation sites excluding steroid dienone is 1. The highest BCUT2D eigenvalue weighted by molar-refractivity contribution is 7.08. The van der Waals surface area contributed by atoms with Crippen molar-refractivity contribution in [3.8, 4) is 11.5 Å². The number of rotatable bonds is 14. The Kier molecular flexibility index (Phi) is 10.9. The summed E-state index contributed by atoms with van der Waals surface area (Å²) in [5.41, 5.74) is 2.32. The molecule has 1 saturated heterocycles. The number of aliphatic hydroxyl groups excluding tert-OH is 1. The predicted octanol–water partition coefficient (Wildman–Crippen LogP) is 3.21. The van der Waals surface area contributed by atoms with Crippen molar-refractivity contribution in [3.05, 3.63) is 58.0 Å². The minimum absolute atomic E-state index is 0.00184. The number of carbonyl (C=O) groups excluding carboxylic acids is 1. The Balaban J connectivity index is 1.20. The molecule has 4 heterocycles. The molecule has 0 aliphatic carbocycles. The van der Waals surface area contributed by atoms with Crippen molar-refractivity contribution in [1.29, 1.82) is 0 Å². The van der Waals surface area contributed by atoms with E-state index in [2.05, 4.69) is 27.8 Å². The monoisotopic (exact) mass is 588 g/mol. The van der Waals surface area contributed by atoms with Crippen LogP contribution in [0.5, 0.6) is 11.5 Å². The highest BCUT2D eigenvalue weighted by atomic mass is 32.1. The second kappa shape index (κ2) is 15.0. The lowest BCUT2D eigenvalue weighted by Gasteiger charge is -2.39. The Hall–Kier alpha value is -2.67. The number of fused-ring (bicyclic) bond motifs is 1. The third-order valence-corrected chi connectivity index (χ3v) is 8.26. The Morgan fingerprint density at radius 2 is 1.85 bits per heavy atom. The molecule has 1 aromatic heterocycles. The van der Waals surface area contributed by atoms with Crippen LogP contribution in [0.4, 0.5) is 0 Å². The summed E-state index contributed by atoms with van der Waals surface area (Å²) in [5.74, 6) is 1.82. The van der Waals surface area contributed by atoms with Crippen LogP contribution in [0.15, 0.2) is 46.9 Å². The lowest BCUT2D eigenvalue weighted by Crippen LogP contribution is -2.50. The van der Waals surface area contributed by atoms with E-state index >= 15 is 0 Å². The zero-order valence-corrected chi connectivity index (χ0v) is 24.4. The quantitative estimate of drug-likeness (QED) is 0.334. The normalized spacial score (nSPS) is 22.4. The molecule has 5 rings (SSSR count). The fraction of sp³-hybridized carbons (Fsp3) is 0.567. The van der Waals surface area contributed by atoms with Crippen molar-refractivity contribution in [3.63, 3.8) is 0 Å². The SMILES string of the molecule is CCO[C@@H]1OC(C(=O)N2CCN(Cc3ccc4c(c3)OCO4)CC2)=C[C@H](c2ccsc2)[C@H]1CCOCCOCCO. The number of hydrogen-bond donors (Lipinski definition) is 1. The lowest BCUT2D eigenvalue weighted by molar-refractivity contribution is -0.172. The molecule has 0 spiro atoms. The minimum atomic E-state index is -0.546. The molecular weight excluding hydrogens is 548 g/mol. The third-order valence-electron chi connectivity index (χ3n) is 7.56. The standard InChI is InChI=1S/C30H40N2O8S/c1-2-37-30-24(5-12-35-14-15-36-13-11-33)25(23-6-16-41-20-23)18-28(40-30)29(34)32-9-7-31(8-10-32)19-22-3-4-26-27(17-22)39-21-38-26/h3-4,6,16-18,20,24-25,30,33H,2,5,7-15,19,21H2,1H3/t24-,25-,30-/m1/s1. The van der Waals surface area contributed by atoms with Crippen LogP contribution in [0.25, 0.3) is 0 Å². The van der Waals surface area contributed by atoms with Gasteiger partial charge in [0, 0.05) is 57.8 Å². The van der Waals surface area contributed by atoms with Crippen molar-refractivity contribution in [2.24, 2.45) is 5.92 Å². The van der Waals surface area contributed by atoms with Crippen molar-refractivity contribution < 1.29 is 38.3 Å². The summed E-state index contributed by atoms with van der Waals surface area (Å²) in [4.78, 5) is 17.9. The molecule has 1 aromatic carbocycles. The van der Waals surface area contributed by atoms with E-state index in [9.17, 15) is 4.79 Å². The van der Waals surface area contributed by atoms with Crippen molar-refractivity contribution >= 4 is 17.2 Å². The van der Waals surface area contributed by atoms with Gasteiger partial charge in [-0.3, -0.25) is 9.69 Å². The zero-order valence-electron chi connectivity index (χ0n) is 23.6. The Bertz CT molecular complexity index is 1140. The smallest absolute Gasteiger partial charge is 0.288 e. The van der Waals surface area contributed by atoms with Gasteiger partial charge in [0.05, 0.1) is 26.4 Å².